The van der Waals surface area contributed by atoms with Gasteiger partial charge in [-0.15, -0.1) is 0 Å². The summed E-state index contributed by atoms with van der Waals surface area (Å²) in [4.78, 5) is 46.6. The number of esters is 1. The first-order chi connectivity index (χ1) is 22.1. The number of halogens is 3. The fraction of sp³-hybridized carbons (Fsp3) is 0.314. The normalized spacial score (nSPS) is 15.5. The molecular formula is C35H32F3N3O5. The van der Waals surface area contributed by atoms with E-state index in [1.165, 1.54) is 18.4 Å². The summed E-state index contributed by atoms with van der Waals surface area (Å²) >= 11 is 0. The van der Waals surface area contributed by atoms with Crippen molar-refractivity contribution in [1.82, 2.24) is 15.2 Å². The molecule has 1 atom stereocenters. The van der Waals surface area contributed by atoms with Crippen LogP contribution < -0.4 is 5.32 Å². The van der Waals surface area contributed by atoms with E-state index in [-0.39, 0.29) is 49.4 Å². The molecule has 2 amide bonds. The molecule has 2 aromatic heterocycles. The van der Waals surface area contributed by atoms with Crippen LogP contribution in [0, 0.1) is 0 Å². The van der Waals surface area contributed by atoms with Crippen LogP contribution >= 0.6 is 0 Å². The number of aryl methyl sites for hydroxylation is 2. The van der Waals surface area contributed by atoms with E-state index in [9.17, 15) is 27.6 Å². The van der Waals surface area contributed by atoms with Gasteiger partial charge in [0, 0.05) is 12.1 Å². The molecule has 0 bridgehead atoms. The molecular weight excluding hydrogens is 599 g/mol. The van der Waals surface area contributed by atoms with Crippen LogP contribution in [0.4, 0.5) is 13.2 Å². The Morgan fingerprint density at radius 1 is 1.02 bits per heavy atom. The summed E-state index contributed by atoms with van der Waals surface area (Å²) in [5.41, 5.74) is 3.26. The van der Waals surface area contributed by atoms with Gasteiger partial charge in [-0.2, -0.15) is 13.2 Å². The highest BCUT2D eigenvalue weighted by atomic mass is 19.4. The molecule has 46 heavy (non-hydrogen) atoms. The number of amides is 2. The highest BCUT2D eigenvalue weighted by Gasteiger charge is 2.44. The first-order valence-corrected chi connectivity index (χ1v) is 15.2. The summed E-state index contributed by atoms with van der Waals surface area (Å²) in [5.74, 6) is -0.374. The number of ether oxygens (including phenoxy) is 1. The van der Waals surface area contributed by atoms with E-state index < -0.39 is 17.7 Å². The van der Waals surface area contributed by atoms with Crippen LogP contribution in [0.25, 0.3) is 11.1 Å². The first kappa shape index (κ1) is 31.1. The van der Waals surface area contributed by atoms with E-state index in [1.807, 2.05) is 0 Å². The van der Waals surface area contributed by atoms with Crippen molar-refractivity contribution < 1.29 is 36.7 Å². The Balaban J connectivity index is 1.35. The number of nitrogens with one attached hydrogen (secondary N) is 1. The zero-order chi connectivity index (χ0) is 32.4. The second kappa shape index (κ2) is 12.8. The average molecular weight is 632 g/mol. The van der Waals surface area contributed by atoms with Crippen LogP contribution in [0.1, 0.15) is 80.4 Å². The van der Waals surface area contributed by atoms with Gasteiger partial charge >= 0.3 is 12.1 Å². The van der Waals surface area contributed by atoms with Crippen molar-refractivity contribution in [1.29, 1.82) is 0 Å². The zero-order valence-electron chi connectivity index (χ0n) is 25.2. The fourth-order valence-electron chi connectivity index (χ4n) is 6.20. The number of hydrogen-bond acceptors (Lipinski definition) is 6. The first-order valence-electron chi connectivity index (χ1n) is 15.2. The van der Waals surface area contributed by atoms with Crippen LogP contribution in [0.2, 0.25) is 0 Å². The van der Waals surface area contributed by atoms with Gasteiger partial charge in [-0.3, -0.25) is 14.6 Å². The van der Waals surface area contributed by atoms with E-state index in [4.69, 9.17) is 14.1 Å². The summed E-state index contributed by atoms with van der Waals surface area (Å²) in [6.45, 7) is 2.64. The molecule has 2 aliphatic heterocycles. The van der Waals surface area contributed by atoms with Crippen LogP contribution in [0.5, 0.6) is 0 Å². The van der Waals surface area contributed by atoms with Gasteiger partial charge in [0.1, 0.15) is 5.76 Å². The van der Waals surface area contributed by atoms with Gasteiger partial charge in [0.05, 0.1) is 60.0 Å². The number of fused-ring (bicyclic) bond motifs is 3. The number of carbonyl (C=O) groups excluding carboxylic acids is 3. The molecule has 2 aromatic carbocycles. The number of hydrogen-bond donors (Lipinski definition) is 1. The Labute approximate surface area is 263 Å². The van der Waals surface area contributed by atoms with Crippen molar-refractivity contribution in [2.75, 3.05) is 13.2 Å². The minimum atomic E-state index is -4.44. The van der Waals surface area contributed by atoms with Crippen LogP contribution in [-0.4, -0.2) is 40.8 Å². The number of furan rings is 1. The fourth-order valence-corrected chi connectivity index (χ4v) is 6.20. The maximum atomic E-state index is 13.8. The Morgan fingerprint density at radius 2 is 1.76 bits per heavy atom. The van der Waals surface area contributed by atoms with Gasteiger partial charge in [0.2, 0.25) is 5.91 Å². The molecule has 8 nitrogen and oxygen atoms in total. The van der Waals surface area contributed by atoms with Crippen molar-refractivity contribution >= 4 is 17.8 Å². The number of pyridine rings is 1. The molecule has 4 heterocycles. The van der Waals surface area contributed by atoms with Crippen molar-refractivity contribution in [3.05, 3.63) is 112 Å². The summed E-state index contributed by atoms with van der Waals surface area (Å²) in [7, 11) is 0. The lowest BCUT2D eigenvalue weighted by Crippen LogP contribution is -2.24. The predicted molar refractivity (Wildman–Crippen MR) is 162 cm³/mol. The lowest BCUT2D eigenvalue weighted by atomic mass is 9.89. The summed E-state index contributed by atoms with van der Waals surface area (Å²) in [6.07, 6.45) is -0.634. The predicted octanol–water partition coefficient (Wildman–Crippen LogP) is 6.47. The van der Waals surface area contributed by atoms with Crippen molar-refractivity contribution in [2.45, 2.75) is 57.8 Å². The van der Waals surface area contributed by atoms with E-state index in [1.54, 1.807) is 48.2 Å². The van der Waals surface area contributed by atoms with Gasteiger partial charge in [0.15, 0.2) is 0 Å². The van der Waals surface area contributed by atoms with Gasteiger partial charge in [0.25, 0.3) is 5.91 Å². The molecule has 1 saturated heterocycles. The van der Waals surface area contributed by atoms with Gasteiger partial charge in [-0.25, -0.2) is 4.79 Å². The zero-order valence-corrected chi connectivity index (χ0v) is 25.2. The standard InChI is InChI=1S/C35H32F3N3O5/c1-2-45-34(44)30-26(16-11-21-9-14-24(15-10-21)35(36,37)38)40-32-27-6-3-17-41(27)33(43)31(32)29(30)23-12-7-22(8-13-23)19-28(42)39-20-25-5-4-18-46-25/h4-5,7-10,12-15,18,27H,2-3,6,11,16-17,19-20H2,1H3,(H,39,42)/t27-/m0/s1. The monoisotopic (exact) mass is 631 g/mol. The highest BCUT2D eigenvalue weighted by Crippen LogP contribution is 2.45. The minimum Gasteiger partial charge on any atom is -0.467 e. The minimum absolute atomic E-state index is 0.0997. The molecule has 1 N–H and O–H groups in total. The molecule has 6 rings (SSSR count). The lowest BCUT2D eigenvalue weighted by Gasteiger charge is -2.18. The number of aromatic nitrogens is 1. The molecule has 0 aliphatic carbocycles. The third-order valence-electron chi connectivity index (χ3n) is 8.40. The van der Waals surface area contributed by atoms with Crippen LogP contribution in [-0.2, 0) is 41.5 Å². The molecule has 238 valence electrons. The van der Waals surface area contributed by atoms with Gasteiger partial charge in [-0.05, 0) is 73.6 Å². The second-order valence-corrected chi connectivity index (χ2v) is 11.4. The third kappa shape index (κ3) is 6.27. The summed E-state index contributed by atoms with van der Waals surface area (Å²) in [5, 5.41) is 2.82. The number of benzene rings is 2. The molecule has 0 spiro atoms. The maximum absolute atomic E-state index is 13.8. The van der Waals surface area contributed by atoms with Gasteiger partial charge in [-0.1, -0.05) is 36.4 Å². The molecule has 0 saturated carbocycles. The summed E-state index contributed by atoms with van der Waals surface area (Å²) in [6, 6.07) is 15.4. The maximum Gasteiger partial charge on any atom is 0.416 e. The van der Waals surface area contributed by atoms with Crippen molar-refractivity contribution in [3.63, 3.8) is 0 Å². The Kier molecular flexibility index (Phi) is 8.66. The number of alkyl halides is 3. The molecule has 4 aromatic rings. The highest BCUT2D eigenvalue weighted by molar-refractivity contribution is 6.10. The third-order valence-corrected chi connectivity index (χ3v) is 8.40. The summed E-state index contributed by atoms with van der Waals surface area (Å²) < 4.78 is 50.1. The molecule has 2 aliphatic rings. The Morgan fingerprint density at radius 3 is 2.43 bits per heavy atom. The molecule has 0 unspecified atom stereocenters. The van der Waals surface area contributed by atoms with E-state index >= 15 is 0 Å². The number of rotatable bonds is 10. The topological polar surface area (TPSA) is 102 Å². The van der Waals surface area contributed by atoms with E-state index in [0.717, 1.165) is 30.5 Å². The van der Waals surface area contributed by atoms with Crippen LogP contribution in [0.15, 0.2) is 71.3 Å². The Hall–Kier alpha value is -4.93. The molecule has 11 heteroatoms. The van der Waals surface area contributed by atoms with Crippen LogP contribution in [0.3, 0.4) is 0 Å². The molecule has 0 radical (unpaired) electrons. The number of carbonyl (C=O) groups is 3. The second-order valence-electron chi connectivity index (χ2n) is 11.4. The average Bonchev–Trinajstić information content (AvgIpc) is 3.79. The van der Waals surface area contributed by atoms with E-state index in [0.29, 0.717) is 52.4 Å². The smallest absolute Gasteiger partial charge is 0.416 e. The quantitative estimate of drug-likeness (QED) is 0.201. The van der Waals surface area contributed by atoms with Gasteiger partial charge < -0.3 is 19.4 Å². The van der Waals surface area contributed by atoms with Crippen molar-refractivity contribution in [2.24, 2.45) is 0 Å². The Bertz CT molecular complexity index is 1750. The van der Waals surface area contributed by atoms with E-state index in [2.05, 4.69) is 5.32 Å². The van der Waals surface area contributed by atoms with Crippen molar-refractivity contribution in [3.8, 4) is 11.1 Å². The largest absolute Gasteiger partial charge is 0.467 e. The molecule has 1 fully saturated rings. The SMILES string of the molecule is CCOC(=O)c1c(CCc2ccc(C(F)(F)F)cc2)nc2c(c1-c1ccc(CC(=O)NCc3ccco3)cc1)C(=O)N1CCC[C@@H]21. The number of nitrogens with zero attached hydrogens (tertiary/aromatic N) is 2. The lowest BCUT2D eigenvalue weighted by molar-refractivity contribution is -0.137.